The normalized spacial score (nSPS) is 12.3. The van der Waals surface area contributed by atoms with Gasteiger partial charge in [0.1, 0.15) is 17.2 Å². The van der Waals surface area contributed by atoms with Gasteiger partial charge in [0.2, 0.25) is 0 Å². The molecule has 0 aliphatic rings. The first-order chi connectivity index (χ1) is 16.1. The van der Waals surface area contributed by atoms with E-state index in [4.69, 9.17) is 9.47 Å². The number of carbonyl (C=O) groups excluding carboxylic acids is 3. The number of nitrogens with zero attached hydrogens (tertiary/aromatic N) is 1. The van der Waals surface area contributed by atoms with Crippen LogP contribution in [0.1, 0.15) is 57.6 Å². The van der Waals surface area contributed by atoms with E-state index in [0.29, 0.717) is 11.4 Å². The second-order valence-electron chi connectivity index (χ2n) is 9.93. The van der Waals surface area contributed by atoms with Crippen molar-refractivity contribution in [2.75, 3.05) is 5.32 Å². The number of esters is 1. The highest BCUT2D eigenvalue weighted by molar-refractivity contribution is 6.58. The van der Waals surface area contributed by atoms with Gasteiger partial charge in [0, 0.05) is 17.7 Å². The molecule has 1 atom stereocenters. The molecule has 1 heterocycles. The van der Waals surface area contributed by atoms with Crippen LogP contribution in [0, 0.1) is 0 Å². The number of anilines is 1. The molecule has 2 rings (SSSR count). The molecule has 35 heavy (non-hydrogen) atoms. The van der Waals surface area contributed by atoms with Crippen LogP contribution in [-0.4, -0.2) is 57.4 Å². The van der Waals surface area contributed by atoms with Gasteiger partial charge in [0.25, 0.3) is 5.91 Å². The van der Waals surface area contributed by atoms with Gasteiger partial charge in [0.15, 0.2) is 0 Å². The SMILES string of the molecule is CC(C)(C)OC(=O)N[C@@H](Cc1ccc(NC(=O)c2cccc(B(O)O)c2)cn1)C(=O)OC(C)(C)C. The third kappa shape index (κ3) is 9.75. The fourth-order valence-electron chi connectivity index (χ4n) is 2.89. The van der Waals surface area contributed by atoms with Crippen molar-refractivity contribution in [1.29, 1.82) is 0 Å². The largest absolute Gasteiger partial charge is 0.488 e. The van der Waals surface area contributed by atoms with Gasteiger partial charge in [-0.3, -0.25) is 9.78 Å². The van der Waals surface area contributed by atoms with E-state index in [1.807, 2.05) is 0 Å². The number of rotatable bonds is 7. The fraction of sp³-hybridized carbons (Fsp3) is 0.417. The number of pyridine rings is 1. The second-order valence-corrected chi connectivity index (χ2v) is 9.93. The average Bonchev–Trinajstić information content (AvgIpc) is 2.72. The lowest BCUT2D eigenvalue weighted by Gasteiger charge is -2.26. The smallest absolute Gasteiger partial charge is 0.458 e. The zero-order valence-corrected chi connectivity index (χ0v) is 20.8. The zero-order valence-electron chi connectivity index (χ0n) is 20.8. The Balaban J connectivity index is 2.11. The van der Waals surface area contributed by atoms with Crippen molar-refractivity contribution < 1.29 is 33.9 Å². The minimum atomic E-state index is -1.68. The van der Waals surface area contributed by atoms with Crippen LogP contribution in [0.4, 0.5) is 10.5 Å². The molecule has 10 nitrogen and oxygen atoms in total. The predicted molar refractivity (Wildman–Crippen MR) is 131 cm³/mol. The maximum absolute atomic E-state index is 12.7. The van der Waals surface area contributed by atoms with E-state index in [2.05, 4.69) is 15.6 Å². The van der Waals surface area contributed by atoms with Crippen molar-refractivity contribution in [2.45, 2.75) is 65.2 Å². The molecule has 0 aliphatic heterocycles. The highest BCUT2D eigenvalue weighted by Crippen LogP contribution is 2.14. The molecule has 1 aromatic heterocycles. The van der Waals surface area contributed by atoms with E-state index in [0.717, 1.165) is 0 Å². The predicted octanol–water partition coefficient (Wildman–Crippen LogP) is 1.79. The lowest BCUT2D eigenvalue weighted by Crippen LogP contribution is -2.47. The van der Waals surface area contributed by atoms with Crippen LogP contribution in [0.15, 0.2) is 42.6 Å². The Morgan fingerprint density at radius 3 is 2.20 bits per heavy atom. The van der Waals surface area contributed by atoms with E-state index in [1.165, 1.54) is 24.4 Å². The highest BCUT2D eigenvalue weighted by Gasteiger charge is 2.29. The van der Waals surface area contributed by atoms with E-state index in [1.54, 1.807) is 59.7 Å². The number of ether oxygens (including phenoxy) is 2. The lowest BCUT2D eigenvalue weighted by atomic mass is 9.79. The molecule has 0 bridgehead atoms. The van der Waals surface area contributed by atoms with E-state index in [-0.39, 0.29) is 17.4 Å². The molecule has 0 saturated carbocycles. The first-order valence-corrected chi connectivity index (χ1v) is 11.1. The Morgan fingerprint density at radius 2 is 1.66 bits per heavy atom. The van der Waals surface area contributed by atoms with Crippen LogP contribution < -0.4 is 16.1 Å². The van der Waals surface area contributed by atoms with Crippen molar-refractivity contribution in [3.8, 4) is 0 Å². The van der Waals surface area contributed by atoms with Crippen LogP contribution in [-0.2, 0) is 20.7 Å². The molecular formula is C24H32BN3O7. The molecule has 0 unspecified atom stereocenters. The van der Waals surface area contributed by atoms with E-state index < -0.39 is 42.3 Å². The van der Waals surface area contributed by atoms with Gasteiger partial charge in [0.05, 0.1) is 11.9 Å². The minimum Gasteiger partial charge on any atom is -0.458 e. The summed E-state index contributed by atoms with van der Waals surface area (Å²) in [6.07, 6.45) is 0.698. The van der Waals surface area contributed by atoms with Crippen molar-refractivity contribution >= 4 is 36.2 Å². The zero-order chi connectivity index (χ0) is 26.4. The molecular weight excluding hydrogens is 453 g/mol. The Hall–Kier alpha value is -3.44. The molecule has 2 amide bonds. The first-order valence-electron chi connectivity index (χ1n) is 11.1. The van der Waals surface area contributed by atoms with Gasteiger partial charge in [-0.1, -0.05) is 12.1 Å². The highest BCUT2D eigenvalue weighted by atomic mass is 16.6. The van der Waals surface area contributed by atoms with Crippen LogP contribution >= 0.6 is 0 Å². The number of alkyl carbamates (subject to hydrolysis) is 1. The molecule has 0 fully saturated rings. The number of hydrogen-bond donors (Lipinski definition) is 4. The van der Waals surface area contributed by atoms with E-state index in [9.17, 15) is 24.4 Å². The van der Waals surface area contributed by atoms with Crippen LogP contribution in [0.5, 0.6) is 0 Å². The van der Waals surface area contributed by atoms with Crippen molar-refractivity contribution in [1.82, 2.24) is 10.3 Å². The van der Waals surface area contributed by atoms with E-state index >= 15 is 0 Å². The molecule has 1 aromatic carbocycles. The van der Waals surface area contributed by atoms with Gasteiger partial charge in [-0.15, -0.1) is 0 Å². The summed E-state index contributed by atoms with van der Waals surface area (Å²) in [5.74, 6) is -1.09. The Kier molecular flexibility index (Phi) is 9.00. The molecule has 11 heteroatoms. The van der Waals surface area contributed by atoms with Crippen molar-refractivity contribution in [3.05, 3.63) is 53.9 Å². The Bertz CT molecular complexity index is 1040. The number of nitrogens with one attached hydrogen (secondary N) is 2. The number of benzene rings is 1. The summed E-state index contributed by atoms with van der Waals surface area (Å²) in [5, 5.41) is 23.8. The molecule has 2 aromatic rings. The molecule has 0 spiro atoms. The second kappa shape index (κ2) is 11.3. The maximum atomic E-state index is 12.7. The summed E-state index contributed by atoms with van der Waals surface area (Å²) in [4.78, 5) is 41.7. The summed E-state index contributed by atoms with van der Waals surface area (Å²) in [5.41, 5.74) is -0.198. The number of aromatic nitrogens is 1. The molecule has 0 saturated heterocycles. The van der Waals surface area contributed by atoms with Gasteiger partial charge >= 0.3 is 19.2 Å². The third-order valence-corrected chi connectivity index (χ3v) is 4.33. The topological polar surface area (TPSA) is 147 Å². The van der Waals surface area contributed by atoms with Crippen LogP contribution in [0.2, 0.25) is 0 Å². The monoisotopic (exact) mass is 485 g/mol. The van der Waals surface area contributed by atoms with Gasteiger partial charge in [-0.05, 0) is 71.3 Å². The van der Waals surface area contributed by atoms with Gasteiger partial charge < -0.3 is 30.2 Å². The molecule has 4 N–H and O–H groups in total. The maximum Gasteiger partial charge on any atom is 0.488 e. The quantitative estimate of drug-likeness (QED) is 0.343. The molecule has 0 radical (unpaired) electrons. The van der Waals surface area contributed by atoms with Crippen LogP contribution in [0.25, 0.3) is 0 Å². The van der Waals surface area contributed by atoms with Gasteiger partial charge in [-0.25, -0.2) is 9.59 Å². The number of carbonyl (C=O) groups is 3. The fourth-order valence-corrected chi connectivity index (χ4v) is 2.89. The van der Waals surface area contributed by atoms with Crippen molar-refractivity contribution in [2.24, 2.45) is 0 Å². The standard InChI is InChI=1S/C24H32BN3O7/c1-23(2,3)34-21(30)19(28-22(31)35-24(4,5)6)13-17-10-11-18(14-26-17)27-20(29)15-8-7-9-16(12-15)25(32)33/h7-12,14,19,32-33H,13H2,1-6H3,(H,27,29)(H,28,31)/t19-/m0/s1. The van der Waals surface area contributed by atoms with Crippen molar-refractivity contribution in [3.63, 3.8) is 0 Å². The summed E-state index contributed by atoms with van der Waals surface area (Å²) in [6, 6.07) is 8.11. The van der Waals surface area contributed by atoms with Crippen LogP contribution in [0.3, 0.4) is 0 Å². The Morgan fingerprint density at radius 1 is 1.00 bits per heavy atom. The summed E-state index contributed by atoms with van der Waals surface area (Å²) < 4.78 is 10.7. The minimum absolute atomic E-state index is 0.0405. The number of amides is 2. The van der Waals surface area contributed by atoms with Gasteiger partial charge in [-0.2, -0.15) is 0 Å². The third-order valence-electron chi connectivity index (χ3n) is 4.33. The lowest BCUT2D eigenvalue weighted by molar-refractivity contribution is -0.157. The average molecular weight is 485 g/mol. The molecule has 188 valence electrons. The number of hydrogen-bond acceptors (Lipinski definition) is 8. The molecule has 0 aliphatic carbocycles. The summed E-state index contributed by atoms with van der Waals surface area (Å²) >= 11 is 0. The summed E-state index contributed by atoms with van der Waals surface area (Å²) in [7, 11) is -1.68. The first kappa shape index (κ1) is 27.8. The summed E-state index contributed by atoms with van der Waals surface area (Å²) in [6.45, 7) is 10.3. The Labute approximate surface area is 205 Å².